The van der Waals surface area contributed by atoms with Gasteiger partial charge in [-0.25, -0.2) is 4.79 Å². The summed E-state index contributed by atoms with van der Waals surface area (Å²) < 4.78 is 10.8. The second-order valence-corrected chi connectivity index (χ2v) is 9.98. The van der Waals surface area contributed by atoms with Gasteiger partial charge < -0.3 is 24.9 Å². The van der Waals surface area contributed by atoms with Gasteiger partial charge in [-0.1, -0.05) is 0 Å². The van der Waals surface area contributed by atoms with Gasteiger partial charge in [0.25, 0.3) is 0 Å². The number of nitrogens with one attached hydrogen (secondary N) is 2. The number of hydrogen-bond donors (Lipinski definition) is 3. The molecule has 0 saturated heterocycles. The Bertz CT molecular complexity index is 1350. The van der Waals surface area contributed by atoms with Crippen LogP contribution in [0.1, 0.15) is 64.0 Å². The number of rotatable bonds is 7. The summed E-state index contributed by atoms with van der Waals surface area (Å²) in [5.74, 6) is -0.543. The molecule has 3 N–H and O–H groups in total. The second-order valence-electron chi connectivity index (χ2n) is 8.84. The Kier molecular flexibility index (Phi) is 5.91. The number of benzene rings is 1. The average Bonchev–Trinajstić information content (AvgIpc) is 3.56. The average molecular weight is 483 g/mol. The highest BCUT2D eigenvalue weighted by atomic mass is 32.1. The van der Waals surface area contributed by atoms with Crippen molar-refractivity contribution in [3.63, 3.8) is 0 Å². The number of aryl methyl sites for hydroxylation is 1. The van der Waals surface area contributed by atoms with Crippen LogP contribution in [0.5, 0.6) is 5.75 Å². The van der Waals surface area contributed by atoms with Crippen molar-refractivity contribution in [1.82, 2.24) is 10.3 Å². The van der Waals surface area contributed by atoms with Gasteiger partial charge in [0, 0.05) is 28.6 Å². The third-order valence-electron chi connectivity index (χ3n) is 6.58. The smallest absolute Gasteiger partial charge is 0.341 e. The Morgan fingerprint density at radius 2 is 2.00 bits per heavy atom. The number of aromatic amines is 1. The summed E-state index contributed by atoms with van der Waals surface area (Å²) in [5.41, 5.74) is 2.76. The first-order valence-electron chi connectivity index (χ1n) is 11.3. The first-order valence-corrected chi connectivity index (χ1v) is 12.1. The summed E-state index contributed by atoms with van der Waals surface area (Å²) in [6.45, 7) is 0.0266. The van der Waals surface area contributed by atoms with Crippen LogP contribution in [0, 0.1) is 0 Å². The van der Waals surface area contributed by atoms with Crippen molar-refractivity contribution in [2.45, 2.75) is 44.1 Å². The number of methoxy groups -OCH3 is 2. The molecule has 5 rings (SSSR count). The number of thiophene rings is 1. The van der Waals surface area contributed by atoms with Crippen molar-refractivity contribution >= 4 is 34.1 Å². The number of carbonyl (C=O) groups excluding carboxylic acids is 1. The fourth-order valence-corrected chi connectivity index (χ4v) is 6.21. The third-order valence-corrected chi connectivity index (χ3v) is 7.81. The van der Waals surface area contributed by atoms with Crippen LogP contribution in [-0.2, 0) is 16.0 Å². The lowest BCUT2D eigenvalue weighted by Crippen LogP contribution is -2.32. The van der Waals surface area contributed by atoms with Gasteiger partial charge in [0.05, 0.1) is 24.1 Å². The highest BCUT2D eigenvalue weighted by Gasteiger charge is 2.33. The minimum atomic E-state index is -1.26. The maximum absolute atomic E-state index is 12.9. The monoisotopic (exact) mass is 482 g/mol. The quantitative estimate of drug-likeness (QED) is 0.469. The number of carbonyl (C=O) groups is 2. The zero-order valence-electron chi connectivity index (χ0n) is 19.0. The molecule has 2 aromatic heterocycles. The van der Waals surface area contributed by atoms with Crippen molar-refractivity contribution < 1.29 is 24.2 Å². The van der Waals surface area contributed by atoms with E-state index in [1.807, 2.05) is 6.07 Å². The first-order chi connectivity index (χ1) is 16.4. The maximum Gasteiger partial charge on any atom is 0.341 e. The van der Waals surface area contributed by atoms with Crippen LogP contribution >= 0.6 is 11.3 Å². The Morgan fingerprint density at radius 1 is 1.21 bits per heavy atom. The highest BCUT2D eigenvalue weighted by molar-refractivity contribution is 7.15. The van der Waals surface area contributed by atoms with E-state index >= 15 is 0 Å². The molecular formula is C25H26N2O6S. The number of amides is 1. The Hall–Kier alpha value is -3.17. The zero-order chi connectivity index (χ0) is 24.0. The van der Waals surface area contributed by atoms with E-state index in [1.165, 1.54) is 18.2 Å². The number of aromatic nitrogens is 1. The van der Waals surface area contributed by atoms with Crippen LogP contribution in [0.25, 0.3) is 21.3 Å². The molecule has 0 radical (unpaired) electrons. The van der Waals surface area contributed by atoms with Gasteiger partial charge in [0.2, 0.25) is 11.3 Å². The summed E-state index contributed by atoms with van der Waals surface area (Å²) in [4.78, 5) is 41.9. The molecule has 2 aliphatic carbocycles. The van der Waals surface area contributed by atoms with E-state index < -0.39 is 11.4 Å². The minimum Gasteiger partial charge on any atom is -0.494 e. The fraction of sp³-hybridized carbons (Fsp3) is 0.400. The minimum absolute atomic E-state index is 0.0266. The number of aromatic carboxylic acids is 1. The Balaban J connectivity index is 1.67. The fourth-order valence-electron chi connectivity index (χ4n) is 4.88. The SMILES string of the molecule is COCC(=O)NC1CCCc2sc(-c3c(C4CC4)cc4c(=O)c(C(=O)O)c[nH]c4c3OC)cc21. The predicted octanol–water partition coefficient (Wildman–Crippen LogP) is 3.98. The van der Waals surface area contributed by atoms with E-state index in [1.54, 1.807) is 18.4 Å². The van der Waals surface area contributed by atoms with Gasteiger partial charge in [-0.2, -0.15) is 0 Å². The summed E-state index contributed by atoms with van der Waals surface area (Å²) >= 11 is 1.69. The van der Waals surface area contributed by atoms with Crippen molar-refractivity contribution in [1.29, 1.82) is 0 Å². The summed E-state index contributed by atoms with van der Waals surface area (Å²) in [5, 5.41) is 12.8. The normalized spacial score (nSPS) is 17.4. The van der Waals surface area contributed by atoms with Gasteiger partial charge in [-0.05, 0) is 61.3 Å². The molecule has 34 heavy (non-hydrogen) atoms. The highest BCUT2D eigenvalue weighted by Crippen LogP contribution is 2.52. The van der Waals surface area contributed by atoms with Crippen molar-refractivity contribution in [2.24, 2.45) is 0 Å². The summed E-state index contributed by atoms with van der Waals surface area (Å²) in [6, 6.07) is 3.91. The molecule has 1 saturated carbocycles. The van der Waals surface area contributed by atoms with E-state index in [0.29, 0.717) is 22.6 Å². The molecule has 2 heterocycles. The van der Waals surface area contributed by atoms with Gasteiger partial charge in [0.1, 0.15) is 12.2 Å². The van der Waals surface area contributed by atoms with E-state index in [4.69, 9.17) is 9.47 Å². The lowest BCUT2D eigenvalue weighted by molar-refractivity contribution is -0.125. The molecule has 1 atom stereocenters. The van der Waals surface area contributed by atoms with Gasteiger partial charge in [-0.3, -0.25) is 9.59 Å². The summed E-state index contributed by atoms with van der Waals surface area (Å²) in [7, 11) is 3.07. The molecule has 1 fully saturated rings. The van der Waals surface area contributed by atoms with Crippen molar-refractivity contribution in [2.75, 3.05) is 20.8 Å². The van der Waals surface area contributed by atoms with Crippen LogP contribution in [0.4, 0.5) is 0 Å². The number of H-pyrrole nitrogens is 1. The first kappa shape index (κ1) is 22.6. The number of ether oxygens (including phenoxy) is 2. The van der Waals surface area contributed by atoms with Crippen molar-refractivity contribution in [3.8, 4) is 16.2 Å². The molecule has 9 heteroatoms. The van der Waals surface area contributed by atoms with E-state index in [-0.39, 0.29) is 24.1 Å². The molecule has 1 unspecified atom stereocenters. The molecule has 8 nitrogen and oxygen atoms in total. The number of hydrogen-bond acceptors (Lipinski definition) is 6. The molecule has 1 amide bonds. The van der Waals surface area contributed by atoms with E-state index in [9.17, 15) is 19.5 Å². The van der Waals surface area contributed by atoms with Gasteiger partial charge >= 0.3 is 5.97 Å². The second kappa shape index (κ2) is 8.88. The van der Waals surface area contributed by atoms with Crippen LogP contribution in [0.3, 0.4) is 0 Å². The Morgan fingerprint density at radius 3 is 2.68 bits per heavy atom. The molecule has 0 aliphatic heterocycles. The van der Waals surface area contributed by atoms with Gasteiger partial charge in [-0.15, -0.1) is 11.3 Å². The molecule has 3 aromatic rings. The van der Waals surface area contributed by atoms with Crippen LogP contribution < -0.4 is 15.5 Å². The molecule has 0 bridgehead atoms. The van der Waals surface area contributed by atoms with Crippen LogP contribution in [-0.4, -0.2) is 42.8 Å². The lowest BCUT2D eigenvalue weighted by atomic mass is 9.92. The summed E-state index contributed by atoms with van der Waals surface area (Å²) in [6.07, 6.45) is 6.06. The van der Waals surface area contributed by atoms with Gasteiger partial charge in [0.15, 0.2) is 5.75 Å². The standard InChI is InChI=1S/C25H26N2O6S/c1-32-11-20(28)27-17-4-3-5-18-14(17)9-19(34-18)21-13(12-6-7-12)8-15-22(24(21)33-2)26-10-16(23(15)29)25(30)31/h8-10,12,17H,3-7,11H2,1-2H3,(H,26,29)(H,27,28)(H,30,31). The molecule has 178 valence electrons. The Labute approximate surface area is 199 Å². The zero-order valence-corrected chi connectivity index (χ0v) is 19.8. The molecular weight excluding hydrogens is 456 g/mol. The maximum atomic E-state index is 12.9. The number of carboxylic acid groups (broad SMARTS) is 1. The van der Waals surface area contributed by atoms with Crippen LogP contribution in [0.2, 0.25) is 0 Å². The third kappa shape index (κ3) is 3.88. The predicted molar refractivity (Wildman–Crippen MR) is 129 cm³/mol. The lowest BCUT2D eigenvalue weighted by Gasteiger charge is -2.23. The molecule has 1 aromatic carbocycles. The van der Waals surface area contributed by atoms with Crippen molar-refractivity contribution in [3.05, 3.63) is 50.1 Å². The molecule has 2 aliphatic rings. The van der Waals surface area contributed by atoms with E-state index in [2.05, 4.69) is 16.4 Å². The van der Waals surface area contributed by atoms with E-state index in [0.717, 1.165) is 53.7 Å². The van der Waals surface area contributed by atoms with Crippen LogP contribution in [0.15, 0.2) is 23.1 Å². The number of fused-ring (bicyclic) bond motifs is 2. The number of pyridine rings is 1. The topological polar surface area (TPSA) is 118 Å². The number of carboxylic acids is 1. The molecule has 0 spiro atoms. The largest absolute Gasteiger partial charge is 0.494 e.